The summed E-state index contributed by atoms with van der Waals surface area (Å²) in [5.41, 5.74) is 2.13. The van der Waals surface area contributed by atoms with Crippen LogP contribution in [0.4, 0.5) is 0 Å². The maximum absolute atomic E-state index is 5.48. The van der Waals surface area contributed by atoms with Crippen LogP contribution in [-0.4, -0.2) is 18.0 Å². The Kier molecular flexibility index (Phi) is 3.96. The Hall–Kier alpha value is -0.532. The van der Waals surface area contributed by atoms with Crippen LogP contribution in [0.1, 0.15) is 5.56 Å². The maximum Gasteiger partial charge on any atom is 0.158 e. The van der Waals surface area contributed by atoms with E-state index in [9.17, 15) is 0 Å². The molecule has 1 aromatic carbocycles. The summed E-state index contributed by atoms with van der Waals surface area (Å²) in [6, 6.07) is 9.03. The molecule has 71 valence electrons. The molecule has 0 N–H and O–H groups in total. The predicted octanol–water partition coefficient (Wildman–Crippen LogP) is 1.11. The van der Waals surface area contributed by atoms with Gasteiger partial charge in [0.2, 0.25) is 0 Å². The molecule has 1 heterocycles. The van der Waals surface area contributed by atoms with Crippen molar-refractivity contribution in [3.63, 3.8) is 0 Å². The van der Waals surface area contributed by atoms with Crippen molar-refractivity contribution in [2.45, 2.75) is 6.92 Å². The van der Waals surface area contributed by atoms with Gasteiger partial charge in [-0.3, -0.25) is 0 Å². The van der Waals surface area contributed by atoms with Crippen molar-refractivity contribution in [2.75, 3.05) is 0 Å². The smallest absolute Gasteiger partial charge is 0.158 e. The van der Waals surface area contributed by atoms with Crippen LogP contribution in [-0.2, 0) is 19.5 Å². The largest absolute Gasteiger partial charge is 0.190 e. The van der Waals surface area contributed by atoms with E-state index in [0.29, 0.717) is 4.91 Å². The van der Waals surface area contributed by atoms with Crippen molar-refractivity contribution in [1.82, 2.24) is 10.2 Å². The first-order valence-electron chi connectivity index (χ1n) is 3.83. The zero-order valence-corrected chi connectivity index (χ0v) is 9.90. The van der Waals surface area contributed by atoms with Gasteiger partial charge in [0.15, 0.2) is 7.85 Å². The van der Waals surface area contributed by atoms with Crippen LogP contribution < -0.4 is 4.91 Å². The van der Waals surface area contributed by atoms with Gasteiger partial charge in [0, 0.05) is 19.5 Å². The Bertz CT molecular complexity index is 413. The van der Waals surface area contributed by atoms with Crippen LogP contribution in [0.2, 0.25) is 0 Å². The molecule has 0 fully saturated rings. The van der Waals surface area contributed by atoms with Crippen molar-refractivity contribution in [3.8, 4) is 10.6 Å². The second kappa shape index (κ2) is 4.81. The molecule has 0 spiro atoms. The molecule has 0 aliphatic carbocycles. The SMILES string of the molecule is [B]c1nnc(-c2[c-]cc(C)cc2)s1.[Rh]. The first-order valence-corrected chi connectivity index (χ1v) is 4.65. The summed E-state index contributed by atoms with van der Waals surface area (Å²) in [7, 11) is 5.48. The Balaban J connectivity index is 0.000000980. The summed E-state index contributed by atoms with van der Waals surface area (Å²) in [5.74, 6) is 0. The maximum atomic E-state index is 5.48. The van der Waals surface area contributed by atoms with Crippen molar-refractivity contribution >= 4 is 24.1 Å². The van der Waals surface area contributed by atoms with Crippen LogP contribution in [0, 0.1) is 13.0 Å². The van der Waals surface area contributed by atoms with Crippen molar-refractivity contribution in [3.05, 3.63) is 29.8 Å². The van der Waals surface area contributed by atoms with Gasteiger partial charge in [-0.15, -0.1) is 35.4 Å². The molecule has 5 heteroatoms. The van der Waals surface area contributed by atoms with Gasteiger partial charge in [-0.05, 0) is 0 Å². The average molecular weight is 288 g/mol. The minimum atomic E-state index is 0. The number of aromatic nitrogens is 2. The molecule has 0 amide bonds. The Labute approximate surface area is 101 Å². The van der Waals surface area contributed by atoms with Crippen molar-refractivity contribution in [2.24, 2.45) is 0 Å². The topological polar surface area (TPSA) is 25.8 Å². The minimum Gasteiger partial charge on any atom is -0.190 e. The monoisotopic (exact) mass is 288 g/mol. The van der Waals surface area contributed by atoms with Crippen LogP contribution >= 0.6 is 11.3 Å². The molecule has 0 unspecified atom stereocenters. The van der Waals surface area contributed by atoms with Crippen LogP contribution in [0.5, 0.6) is 0 Å². The number of hydrogen-bond acceptors (Lipinski definition) is 3. The second-order valence-corrected chi connectivity index (χ2v) is 3.73. The van der Waals surface area contributed by atoms with Gasteiger partial charge in [-0.2, -0.15) is 21.5 Å². The summed E-state index contributed by atoms with van der Waals surface area (Å²) in [6.07, 6.45) is 0. The molecule has 0 atom stereocenters. The molecule has 2 nitrogen and oxygen atoms in total. The van der Waals surface area contributed by atoms with Gasteiger partial charge >= 0.3 is 0 Å². The molecule has 0 saturated heterocycles. The van der Waals surface area contributed by atoms with Crippen LogP contribution in [0.15, 0.2) is 18.2 Å². The molecule has 3 radical (unpaired) electrons. The van der Waals surface area contributed by atoms with Gasteiger partial charge in [-0.25, -0.2) is 0 Å². The van der Waals surface area contributed by atoms with Gasteiger partial charge in [0.1, 0.15) is 0 Å². The van der Waals surface area contributed by atoms with E-state index >= 15 is 0 Å². The van der Waals surface area contributed by atoms with Gasteiger partial charge < -0.3 is 0 Å². The zero-order chi connectivity index (χ0) is 9.26. The minimum absolute atomic E-state index is 0. The summed E-state index contributed by atoms with van der Waals surface area (Å²) in [5, 5.41) is 8.49. The molecule has 2 aromatic rings. The second-order valence-electron chi connectivity index (χ2n) is 2.73. The van der Waals surface area contributed by atoms with E-state index in [1.807, 2.05) is 25.1 Å². The zero-order valence-electron chi connectivity index (χ0n) is 7.45. The van der Waals surface area contributed by atoms with Gasteiger partial charge in [0.25, 0.3) is 0 Å². The molecular weight excluding hydrogens is 282 g/mol. The first kappa shape index (κ1) is 11.5. The normalized spacial score (nSPS) is 9.50. The average Bonchev–Trinajstić information content (AvgIpc) is 2.53. The van der Waals surface area contributed by atoms with E-state index in [-0.39, 0.29) is 19.5 Å². The standard InChI is InChI=1S/C9H6BN2S.Rh/c1-6-2-4-7(5-3-6)8-11-12-9(10)13-8;/h2-4H,1H3;/q-1;. The third-order valence-corrected chi connectivity index (χ3v) is 2.42. The summed E-state index contributed by atoms with van der Waals surface area (Å²) < 4.78 is 0. The fourth-order valence-electron chi connectivity index (χ4n) is 0.979. The number of benzene rings is 1. The first-order chi connectivity index (χ1) is 6.25. The third kappa shape index (κ3) is 2.49. The summed E-state index contributed by atoms with van der Waals surface area (Å²) >= 11 is 1.37. The summed E-state index contributed by atoms with van der Waals surface area (Å²) in [4.78, 5) is 0.490. The number of rotatable bonds is 1. The molecule has 0 aliphatic heterocycles. The van der Waals surface area contributed by atoms with E-state index in [0.717, 1.165) is 10.6 Å². The van der Waals surface area contributed by atoms with E-state index in [4.69, 9.17) is 7.85 Å². The quantitative estimate of drug-likeness (QED) is 0.580. The Morgan fingerprint density at radius 2 is 2.14 bits per heavy atom. The van der Waals surface area contributed by atoms with Crippen molar-refractivity contribution < 1.29 is 19.5 Å². The Morgan fingerprint density at radius 3 is 2.64 bits per heavy atom. The van der Waals surface area contributed by atoms with Crippen molar-refractivity contribution in [1.29, 1.82) is 0 Å². The number of nitrogens with zero attached hydrogens (tertiary/aromatic N) is 2. The molecule has 0 bridgehead atoms. The number of aryl methyl sites for hydroxylation is 1. The fraction of sp³-hybridized carbons (Fsp3) is 0.111. The number of hydrogen-bond donors (Lipinski definition) is 0. The molecule has 2 rings (SSSR count). The molecule has 0 saturated carbocycles. The van der Waals surface area contributed by atoms with E-state index in [1.54, 1.807) is 0 Å². The molecular formula is C9H6BN2RhS-. The third-order valence-electron chi connectivity index (χ3n) is 1.64. The van der Waals surface area contributed by atoms with E-state index in [2.05, 4.69) is 16.3 Å². The Morgan fingerprint density at radius 1 is 1.36 bits per heavy atom. The van der Waals surface area contributed by atoms with E-state index in [1.165, 1.54) is 16.9 Å². The van der Waals surface area contributed by atoms with Crippen LogP contribution in [0.25, 0.3) is 10.6 Å². The van der Waals surface area contributed by atoms with E-state index < -0.39 is 0 Å². The predicted molar refractivity (Wildman–Crippen MR) is 54.3 cm³/mol. The molecule has 1 aromatic heterocycles. The fourth-order valence-corrected chi connectivity index (χ4v) is 1.58. The van der Waals surface area contributed by atoms with Crippen LogP contribution in [0.3, 0.4) is 0 Å². The summed E-state index contributed by atoms with van der Waals surface area (Å²) in [6.45, 7) is 2.02. The van der Waals surface area contributed by atoms with Gasteiger partial charge in [-0.1, -0.05) is 6.92 Å². The van der Waals surface area contributed by atoms with Gasteiger partial charge in [0.05, 0.1) is 9.91 Å². The molecule has 0 aliphatic rings. The molecule has 14 heavy (non-hydrogen) atoms.